The summed E-state index contributed by atoms with van der Waals surface area (Å²) in [7, 11) is 0. The number of benzene rings is 1. The molecule has 0 saturated carbocycles. The zero-order valence-corrected chi connectivity index (χ0v) is 18.7. The second-order valence-electron chi connectivity index (χ2n) is 8.80. The Bertz CT molecular complexity index is 790. The predicted octanol–water partition coefficient (Wildman–Crippen LogP) is 3.71. The average Bonchev–Trinajstić information content (AvgIpc) is 3.34. The first kappa shape index (κ1) is 23.7. The van der Waals surface area contributed by atoms with Gasteiger partial charge in [0, 0.05) is 31.4 Å². The van der Waals surface area contributed by atoms with Gasteiger partial charge >= 0.3 is 12.3 Å². The van der Waals surface area contributed by atoms with E-state index in [9.17, 15) is 22.8 Å². The van der Waals surface area contributed by atoms with Crippen LogP contribution >= 0.6 is 11.8 Å². The first-order valence-corrected chi connectivity index (χ1v) is 11.4. The van der Waals surface area contributed by atoms with Gasteiger partial charge in [0.2, 0.25) is 5.91 Å². The lowest BCUT2D eigenvalue weighted by atomic mass is 10.1. The van der Waals surface area contributed by atoms with E-state index in [4.69, 9.17) is 4.74 Å². The fraction of sp³-hybridized carbons (Fsp3) is 0.619. The molecule has 2 saturated heterocycles. The van der Waals surface area contributed by atoms with E-state index >= 15 is 0 Å². The molecule has 1 aromatic carbocycles. The lowest BCUT2D eigenvalue weighted by Gasteiger charge is -2.29. The van der Waals surface area contributed by atoms with Crippen LogP contribution < -0.4 is 5.32 Å². The summed E-state index contributed by atoms with van der Waals surface area (Å²) in [5.74, 6) is 1.40. The maximum absolute atomic E-state index is 13.0. The van der Waals surface area contributed by atoms with E-state index in [0.717, 1.165) is 17.9 Å². The van der Waals surface area contributed by atoms with Gasteiger partial charge in [0.25, 0.3) is 0 Å². The van der Waals surface area contributed by atoms with Crippen molar-refractivity contribution >= 4 is 23.8 Å². The fourth-order valence-electron chi connectivity index (χ4n) is 3.61. The summed E-state index contributed by atoms with van der Waals surface area (Å²) in [5.41, 5.74) is -0.676. The molecular weight excluding hydrogens is 431 g/mol. The summed E-state index contributed by atoms with van der Waals surface area (Å²) < 4.78 is 43.7. The zero-order chi connectivity index (χ0) is 22.8. The molecular formula is C21H28F3N3O3S. The number of carbonyl (C=O) groups is 2. The maximum Gasteiger partial charge on any atom is 0.416 e. The first-order valence-electron chi connectivity index (χ1n) is 10.2. The number of amides is 2. The smallest absolute Gasteiger partial charge is 0.416 e. The molecule has 0 aliphatic carbocycles. The highest BCUT2D eigenvalue weighted by molar-refractivity contribution is 7.99. The van der Waals surface area contributed by atoms with Crippen LogP contribution in [0.4, 0.5) is 18.0 Å². The normalized spacial score (nSPS) is 22.1. The maximum atomic E-state index is 13.0. The third-order valence-corrected chi connectivity index (χ3v) is 6.12. The predicted molar refractivity (Wildman–Crippen MR) is 112 cm³/mol. The molecule has 2 aliphatic rings. The van der Waals surface area contributed by atoms with Crippen LogP contribution in [-0.2, 0) is 22.3 Å². The molecule has 0 aromatic heterocycles. The second-order valence-corrected chi connectivity index (χ2v) is 9.87. The number of alkyl halides is 3. The van der Waals surface area contributed by atoms with Crippen LogP contribution in [0.3, 0.4) is 0 Å². The molecule has 0 radical (unpaired) electrons. The molecule has 3 rings (SSSR count). The Kier molecular flexibility index (Phi) is 7.10. The SMILES string of the molecule is CC(C)(C)OC(=O)N1C[C@@H](NCc2ccc(C(F)(F)F)cc2)C[C@H]1C(=O)N1CCSC1. The Morgan fingerprint density at radius 2 is 1.87 bits per heavy atom. The molecule has 2 atom stereocenters. The van der Waals surface area contributed by atoms with Crippen LogP contribution in [0.5, 0.6) is 0 Å². The summed E-state index contributed by atoms with van der Waals surface area (Å²) in [5, 5.41) is 3.27. The van der Waals surface area contributed by atoms with Crippen LogP contribution in [0.15, 0.2) is 24.3 Å². The zero-order valence-electron chi connectivity index (χ0n) is 17.9. The van der Waals surface area contributed by atoms with Gasteiger partial charge in [-0.2, -0.15) is 13.2 Å². The third-order valence-electron chi connectivity index (χ3n) is 5.15. The number of halogens is 3. The van der Waals surface area contributed by atoms with Crippen molar-refractivity contribution in [2.24, 2.45) is 0 Å². The number of rotatable bonds is 4. The van der Waals surface area contributed by atoms with E-state index in [0.29, 0.717) is 37.5 Å². The summed E-state index contributed by atoms with van der Waals surface area (Å²) in [4.78, 5) is 29.0. The van der Waals surface area contributed by atoms with Crippen molar-refractivity contribution < 1.29 is 27.5 Å². The molecule has 0 bridgehead atoms. The molecule has 0 spiro atoms. The summed E-state index contributed by atoms with van der Waals surface area (Å²) in [6.07, 6.45) is -4.47. The van der Waals surface area contributed by atoms with E-state index in [1.807, 2.05) is 0 Å². The minimum Gasteiger partial charge on any atom is -0.444 e. The molecule has 172 valence electrons. The van der Waals surface area contributed by atoms with Gasteiger partial charge in [-0.3, -0.25) is 9.69 Å². The minimum absolute atomic E-state index is 0.0883. The monoisotopic (exact) mass is 459 g/mol. The van der Waals surface area contributed by atoms with Gasteiger partial charge in [-0.05, 0) is 44.9 Å². The first-order chi connectivity index (χ1) is 14.4. The van der Waals surface area contributed by atoms with Crippen LogP contribution in [0.25, 0.3) is 0 Å². The average molecular weight is 460 g/mol. The van der Waals surface area contributed by atoms with Crippen LogP contribution in [0.1, 0.15) is 38.3 Å². The van der Waals surface area contributed by atoms with Crippen LogP contribution in [0, 0.1) is 0 Å². The van der Waals surface area contributed by atoms with Gasteiger partial charge in [0.05, 0.1) is 11.4 Å². The van der Waals surface area contributed by atoms with Crippen molar-refractivity contribution in [1.29, 1.82) is 0 Å². The molecule has 2 heterocycles. The summed E-state index contributed by atoms with van der Waals surface area (Å²) >= 11 is 1.67. The Labute approximate surface area is 184 Å². The molecule has 1 aromatic rings. The number of hydrogen-bond donors (Lipinski definition) is 1. The quantitative estimate of drug-likeness (QED) is 0.744. The topological polar surface area (TPSA) is 61.9 Å². The van der Waals surface area contributed by atoms with E-state index in [2.05, 4.69) is 5.32 Å². The Hall–Kier alpha value is -1.94. The lowest BCUT2D eigenvalue weighted by Crippen LogP contribution is -2.48. The fourth-order valence-corrected chi connectivity index (χ4v) is 4.57. The van der Waals surface area contributed by atoms with Gasteiger partial charge in [-0.15, -0.1) is 11.8 Å². The molecule has 0 unspecified atom stereocenters. The Balaban J connectivity index is 1.65. The number of carbonyl (C=O) groups excluding carboxylic acids is 2. The highest BCUT2D eigenvalue weighted by atomic mass is 32.2. The van der Waals surface area contributed by atoms with E-state index in [1.165, 1.54) is 17.0 Å². The number of hydrogen-bond acceptors (Lipinski definition) is 5. The van der Waals surface area contributed by atoms with Crippen molar-refractivity contribution in [3.63, 3.8) is 0 Å². The molecule has 2 amide bonds. The highest BCUT2D eigenvalue weighted by Crippen LogP contribution is 2.29. The highest BCUT2D eigenvalue weighted by Gasteiger charge is 2.43. The van der Waals surface area contributed by atoms with Gasteiger partial charge in [0.15, 0.2) is 0 Å². The third kappa shape index (κ3) is 6.29. The molecule has 2 aliphatic heterocycles. The summed E-state index contributed by atoms with van der Waals surface area (Å²) in [6, 6.07) is 4.19. The number of likely N-dealkylation sites (tertiary alicyclic amines) is 1. The molecule has 2 fully saturated rings. The van der Waals surface area contributed by atoms with Crippen LogP contribution in [-0.4, -0.2) is 64.2 Å². The Morgan fingerprint density at radius 3 is 2.42 bits per heavy atom. The van der Waals surface area contributed by atoms with Gasteiger partial charge in [-0.25, -0.2) is 4.79 Å². The van der Waals surface area contributed by atoms with Crippen LogP contribution in [0.2, 0.25) is 0 Å². The van der Waals surface area contributed by atoms with Gasteiger partial charge < -0.3 is 15.0 Å². The molecule has 6 nitrogen and oxygen atoms in total. The number of nitrogens with one attached hydrogen (secondary N) is 1. The summed E-state index contributed by atoms with van der Waals surface area (Å²) in [6.45, 7) is 6.62. The standard InChI is InChI=1S/C21H28F3N3O3S/c1-20(2,3)30-19(29)27-12-16(10-17(27)18(28)26-8-9-31-13-26)25-11-14-4-6-15(7-5-14)21(22,23)24/h4-7,16-17,25H,8-13H2,1-3H3/t16-,17-/m0/s1. The molecule has 1 N–H and O–H groups in total. The largest absolute Gasteiger partial charge is 0.444 e. The van der Waals surface area contributed by atoms with E-state index in [-0.39, 0.29) is 11.9 Å². The number of ether oxygens (including phenoxy) is 1. The molecule has 10 heteroatoms. The molecule has 31 heavy (non-hydrogen) atoms. The van der Waals surface area contributed by atoms with Crippen molar-refractivity contribution in [2.75, 3.05) is 24.7 Å². The number of thioether (sulfide) groups is 1. The number of nitrogens with zero attached hydrogens (tertiary/aromatic N) is 2. The van der Waals surface area contributed by atoms with Crippen molar-refractivity contribution in [2.45, 2.75) is 57.6 Å². The van der Waals surface area contributed by atoms with E-state index in [1.54, 1.807) is 37.4 Å². The van der Waals surface area contributed by atoms with E-state index < -0.39 is 29.5 Å². The minimum atomic E-state index is -4.37. The lowest BCUT2D eigenvalue weighted by molar-refractivity contribution is -0.137. The van der Waals surface area contributed by atoms with Crippen molar-refractivity contribution in [3.05, 3.63) is 35.4 Å². The Morgan fingerprint density at radius 1 is 1.19 bits per heavy atom. The second kappa shape index (κ2) is 9.28. The van der Waals surface area contributed by atoms with Gasteiger partial charge in [0.1, 0.15) is 11.6 Å². The van der Waals surface area contributed by atoms with Gasteiger partial charge in [-0.1, -0.05) is 12.1 Å². The van der Waals surface area contributed by atoms with Crippen molar-refractivity contribution in [1.82, 2.24) is 15.1 Å². The van der Waals surface area contributed by atoms with Crippen molar-refractivity contribution in [3.8, 4) is 0 Å².